The highest BCUT2D eigenvalue weighted by atomic mass is 35.5. The van der Waals surface area contributed by atoms with Gasteiger partial charge >= 0.3 is 5.97 Å². The molecule has 2 aromatic rings. The fourth-order valence-corrected chi connectivity index (χ4v) is 3.25. The number of hydrogen-bond donors (Lipinski definition) is 1. The van der Waals surface area contributed by atoms with Crippen molar-refractivity contribution in [3.05, 3.63) is 64.7 Å². The number of rotatable bonds is 6. The van der Waals surface area contributed by atoms with Crippen molar-refractivity contribution in [2.45, 2.75) is 18.9 Å². The topological polar surface area (TPSA) is 77.0 Å². The van der Waals surface area contributed by atoms with E-state index >= 15 is 0 Å². The number of nitrogens with zero attached hydrogens (tertiary/aromatic N) is 1. The van der Waals surface area contributed by atoms with Gasteiger partial charge in [0.2, 0.25) is 5.78 Å². The summed E-state index contributed by atoms with van der Waals surface area (Å²) in [7, 11) is 1.55. The van der Waals surface area contributed by atoms with Crippen molar-refractivity contribution >= 4 is 29.1 Å². The number of Topliss-reactive ketones (excluding diaryl/α,β-unsaturated/α-hetero) is 1. The number of benzene rings is 2. The number of ether oxygens (including phenoxy) is 2. The molecule has 1 aliphatic rings. The van der Waals surface area contributed by atoms with Crippen LogP contribution in [0.5, 0.6) is 5.75 Å². The Morgan fingerprint density at radius 2 is 1.85 bits per heavy atom. The molecule has 140 valence electrons. The molecule has 6 nitrogen and oxygen atoms in total. The van der Waals surface area contributed by atoms with E-state index in [1.165, 1.54) is 0 Å². The highest BCUT2D eigenvalue weighted by molar-refractivity contribution is 6.49. The first-order valence-electron chi connectivity index (χ1n) is 8.49. The predicted molar refractivity (Wildman–Crippen MR) is 103 cm³/mol. The Labute approximate surface area is 162 Å². The van der Waals surface area contributed by atoms with Gasteiger partial charge in [0.05, 0.1) is 19.6 Å². The first kappa shape index (κ1) is 18.9. The van der Waals surface area contributed by atoms with Crippen LogP contribution in [0.2, 0.25) is 5.02 Å². The van der Waals surface area contributed by atoms with Gasteiger partial charge in [-0.1, -0.05) is 29.8 Å². The number of ketones is 1. The minimum atomic E-state index is -0.818. The third-order valence-corrected chi connectivity index (χ3v) is 4.66. The van der Waals surface area contributed by atoms with Crippen LogP contribution in [0, 0.1) is 0 Å². The Morgan fingerprint density at radius 3 is 2.48 bits per heavy atom. The van der Waals surface area contributed by atoms with E-state index in [1.54, 1.807) is 62.6 Å². The van der Waals surface area contributed by atoms with Crippen LogP contribution < -0.4 is 10.2 Å². The third-order valence-electron chi connectivity index (χ3n) is 4.32. The molecule has 0 saturated heterocycles. The van der Waals surface area contributed by atoms with Crippen molar-refractivity contribution < 1.29 is 19.1 Å². The van der Waals surface area contributed by atoms with Crippen LogP contribution in [0.25, 0.3) is 0 Å². The molecule has 2 aromatic carbocycles. The average molecular weight is 387 g/mol. The highest BCUT2D eigenvalue weighted by Gasteiger charge is 2.42. The van der Waals surface area contributed by atoms with Crippen molar-refractivity contribution in [2.24, 2.45) is 5.10 Å². The number of esters is 1. The maximum atomic E-state index is 13.1. The summed E-state index contributed by atoms with van der Waals surface area (Å²) < 4.78 is 10.3. The molecule has 0 aromatic heterocycles. The first-order valence-corrected chi connectivity index (χ1v) is 8.87. The summed E-state index contributed by atoms with van der Waals surface area (Å²) in [4.78, 5) is 25.5. The molecule has 0 aliphatic carbocycles. The molecule has 0 saturated carbocycles. The molecular weight excluding hydrogens is 368 g/mol. The molecule has 0 radical (unpaired) electrons. The van der Waals surface area contributed by atoms with E-state index in [4.69, 9.17) is 21.1 Å². The van der Waals surface area contributed by atoms with E-state index in [0.717, 1.165) is 0 Å². The molecule has 1 heterocycles. The Morgan fingerprint density at radius 1 is 1.15 bits per heavy atom. The maximum absolute atomic E-state index is 13.1. The molecule has 1 N–H and O–H groups in total. The molecule has 0 unspecified atom stereocenters. The maximum Gasteiger partial charge on any atom is 0.331 e. The van der Waals surface area contributed by atoms with Crippen molar-refractivity contribution in [1.29, 1.82) is 0 Å². The summed E-state index contributed by atoms with van der Waals surface area (Å²) >= 11 is 6.34. The number of carbonyl (C=O) groups excluding carboxylic acids is 2. The lowest BCUT2D eigenvalue weighted by atomic mass is 9.85. The lowest BCUT2D eigenvalue weighted by Crippen LogP contribution is -2.38. The minimum absolute atomic E-state index is 0.214. The zero-order valence-electron chi connectivity index (χ0n) is 14.9. The lowest BCUT2D eigenvalue weighted by Gasteiger charge is -2.20. The Hall–Kier alpha value is -2.86. The van der Waals surface area contributed by atoms with Crippen molar-refractivity contribution in [2.75, 3.05) is 13.7 Å². The average Bonchev–Trinajstić information content (AvgIpc) is 3.13. The minimum Gasteiger partial charge on any atom is -0.497 e. The zero-order valence-corrected chi connectivity index (χ0v) is 15.7. The second kappa shape index (κ2) is 8.22. The van der Waals surface area contributed by atoms with Gasteiger partial charge in [0, 0.05) is 10.6 Å². The van der Waals surface area contributed by atoms with Gasteiger partial charge in [-0.25, -0.2) is 4.79 Å². The number of halogens is 1. The summed E-state index contributed by atoms with van der Waals surface area (Å²) in [6, 6.07) is 13.0. The molecule has 2 atom stereocenters. The van der Waals surface area contributed by atoms with Crippen molar-refractivity contribution in [3.63, 3.8) is 0 Å². The second-order valence-electron chi connectivity index (χ2n) is 5.91. The van der Waals surface area contributed by atoms with Gasteiger partial charge < -0.3 is 9.47 Å². The smallest absolute Gasteiger partial charge is 0.331 e. The molecule has 3 rings (SSSR count). The van der Waals surface area contributed by atoms with E-state index in [9.17, 15) is 9.59 Å². The largest absolute Gasteiger partial charge is 0.497 e. The van der Waals surface area contributed by atoms with Gasteiger partial charge in [-0.15, -0.1) is 0 Å². The van der Waals surface area contributed by atoms with E-state index in [0.29, 0.717) is 21.9 Å². The van der Waals surface area contributed by atoms with Gasteiger partial charge in [0.1, 0.15) is 11.5 Å². The number of nitrogens with one attached hydrogen (secondary N) is 1. The monoisotopic (exact) mass is 386 g/mol. The van der Waals surface area contributed by atoms with Gasteiger partial charge in [-0.05, 0) is 42.8 Å². The SMILES string of the molecule is CCOC(=O)[C@H]1NN=C(C(=O)c2ccc(OC)cc2)[C@H]1c1ccccc1Cl. The van der Waals surface area contributed by atoms with Crippen LogP contribution in [0.1, 0.15) is 28.8 Å². The summed E-state index contributed by atoms with van der Waals surface area (Å²) in [5, 5.41) is 4.62. The van der Waals surface area contributed by atoms with Gasteiger partial charge in [0.25, 0.3) is 0 Å². The van der Waals surface area contributed by atoms with Crippen LogP contribution in [-0.4, -0.2) is 37.2 Å². The molecule has 0 spiro atoms. The number of hydrogen-bond acceptors (Lipinski definition) is 6. The molecule has 0 fully saturated rings. The van der Waals surface area contributed by atoms with Gasteiger partial charge in [-0.2, -0.15) is 5.10 Å². The fraction of sp³-hybridized carbons (Fsp3) is 0.250. The van der Waals surface area contributed by atoms with Crippen molar-refractivity contribution in [3.8, 4) is 5.75 Å². The molecule has 7 heteroatoms. The quantitative estimate of drug-likeness (QED) is 0.609. The Bertz CT molecular complexity index is 880. The molecule has 27 heavy (non-hydrogen) atoms. The second-order valence-corrected chi connectivity index (χ2v) is 6.32. The number of carbonyl (C=O) groups is 2. The normalized spacial score (nSPS) is 18.4. The summed E-state index contributed by atoms with van der Waals surface area (Å²) in [6.07, 6.45) is 0. The van der Waals surface area contributed by atoms with Crippen LogP contribution in [-0.2, 0) is 9.53 Å². The Kier molecular flexibility index (Phi) is 5.76. The standard InChI is InChI=1S/C20H19ClN2O4/c1-3-27-20(25)18-16(14-6-4-5-7-15(14)21)17(22-23-18)19(24)12-8-10-13(26-2)11-9-12/h4-11,16,18,23H,3H2,1-2H3/t16-,18+/m1/s1. The van der Waals surface area contributed by atoms with Crippen LogP contribution in [0.15, 0.2) is 53.6 Å². The number of methoxy groups -OCH3 is 1. The Balaban J connectivity index is 1.98. The highest BCUT2D eigenvalue weighted by Crippen LogP contribution is 2.33. The number of hydrazone groups is 1. The van der Waals surface area contributed by atoms with Crippen LogP contribution in [0.3, 0.4) is 0 Å². The first-order chi connectivity index (χ1) is 13.1. The van der Waals surface area contributed by atoms with E-state index in [1.807, 2.05) is 0 Å². The molecule has 0 amide bonds. The van der Waals surface area contributed by atoms with Crippen molar-refractivity contribution in [1.82, 2.24) is 5.43 Å². The van der Waals surface area contributed by atoms with E-state index < -0.39 is 17.9 Å². The summed E-state index contributed by atoms with van der Waals surface area (Å²) in [6.45, 7) is 1.95. The van der Waals surface area contributed by atoms with Gasteiger partial charge in [-0.3, -0.25) is 10.2 Å². The van der Waals surface area contributed by atoms with E-state index in [-0.39, 0.29) is 18.1 Å². The summed E-state index contributed by atoms with van der Waals surface area (Å²) in [5.41, 5.74) is 4.05. The van der Waals surface area contributed by atoms with E-state index in [2.05, 4.69) is 10.5 Å². The van der Waals surface area contributed by atoms with Crippen LogP contribution >= 0.6 is 11.6 Å². The molecule has 1 aliphatic heterocycles. The molecular formula is C20H19ClN2O4. The predicted octanol–water partition coefficient (Wildman–Crippen LogP) is 3.21. The van der Waals surface area contributed by atoms with Gasteiger partial charge in [0.15, 0.2) is 6.04 Å². The van der Waals surface area contributed by atoms with Crippen LogP contribution in [0.4, 0.5) is 0 Å². The zero-order chi connectivity index (χ0) is 19.4. The fourth-order valence-electron chi connectivity index (χ4n) is 3.00. The summed E-state index contributed by atoms with van der Waals surface area (Å²) in [5.74, 6) is -0.775. The molecule has 0 bridgehead atoms. The lowest BCUT2D eigenvalue weighted by molar-refractivity contribution is -0.145. The third kappa shape index (κ3) is 3.80.